The van der Waals surface area contributed by atoms with Crippen molar-refractivity contribution in [2.24, 2.45) is 0 Å². The van der Waals surface area contributed by atoms with Crippen LogP contribution in [0.4, 0.5) is 0 Å². The van der Waals surface area contributed by atoms with Crippen LogP contribution >= 0.6 is 15.9 Å². The van der Waals surface area contributed by atoms with Gasteiger partial charge in [0.2, 0.25) is 0 Å². The average Bonchev–Trinajstić information content (AvgIpc) is 2.49. The van der Waals surface area contributed by atoms with Gasteiger partial charge in [-0.1, -0.05) is 41.9 Å². The lowest BCUT2D eigenvalue weighted by Crippen LogP contribution is -2.14. The lowest BCUT2D eigenvalue weighted by molar-refractivity contribution is 0.659. The van der Waals surface area contributed by atoms with Gasteiger partial charge in [-0.25, -0.2) is 0 Å². The summed E-state index contributed by atoms with van der Waals surface area (Å²) in [6.45, 7) is 4.51. The summed E-state index contributed by atoms with van der Waals surface area (Å²) >= 11 is 3.53. The molecule has 1 aromatic carbocycles. The standard InChI is InChI=1S/C14H12BrN/c1-14(2)11-6-5-9(15)8-10(11)13-12(14)4-3-7-16-13/h3-8H,1-2H3. The summed E-state index contributed by atoms with van der Waals surface area (Å²) < 4.78 is 1.11. The molecule has 0 unspecified atom stereocenters. The predicted octanol–water partition coefficient (Wildman–Crippen LogP) is 4.15. The fourth-order valence-corrected chi connectivity index (χ4v) is 2.89. The van der Waals surface area contributed by atoms with Gasteiger partial charge in [0, 0.05) is 21.6 Å². The van der Waals surface area contributed by atoms with Crippen LogP contribution in [0.1, 0.15) is 25.0 Å². The molecule has 1 aromatic heterocycles. The summed E-state index contributed by atoms with van der Waals surface area (Å²) in [5.41, 5.74) is 5.14. The summed E-state index contributed by atoms with van der Waals surface area (Å²) in [4.78, 5) is 4.52. The maximum Gasteiger partial charge on any atom is 0.0746 e. The third-order valence-electron chi connectivity index (χ3n) is 3.39. The fraction of sp³-hybridized carbons (Fsp3) is 0.214. The molecule has 1 nitrogen and oxygen atoms in total. The Morgan fingerprint density at radius 3 is 2.75 bits per heavy atom. The van der Waals surface area contributed by atoms with E-state index in [4.69, 9.17) is 0 Å². The molecule has 0 saturated heterocycles. The van der Waals surface area contributed by atoms with Gasteiger partial charge in [-0.3, -0.25) is 4.98 Å². The molecular weight excluding hydrogens is 262 g/mol. The number of fused-ring (bicyclic) bond motifs is 3. The molecule has 0 spiro atoms. The van der Waals surface area contributed by atoms with Crippen molar-refractivity contribution < 1.29 is 0 Å². The van der Waals surface area contributed by atoms with Crippen LogP contribution in [0.2, 0.25) is 0 Å². The Hall–Kier alpha value is -1.15. The SMILES string of the molecule is CC1(C)c2ccc(Br)cc2-c2ncccc21. The maximum atomic E-state index is 4.52. The predicted molar refractivity (Wildman–Crippen MR) is 69.5 cm³/mol. The molecule has 2 aromatic rings. The fourth-order valence-electron chi connectivity index (χ4n) is 2.53. The molecule has 0 amide bonds. The van der Waals surface area contributed by atoms with Gasteiger partial charge in [0.15, 0.2) is 0 Å². The molecule has 0 aliphatic heterocycles. The monoisotopic (exact) mass is 273 g/mol. The van der Waals surface area contributed by atoms with Crippen molar-refractivity contribution in [1.29, 1.82) is 0 Å². The van der Waals surface area contributed by atoms with Gasteiger partial charge < -0.3 is 0 Å². The van der Waals surface area contributed by atoms with Crippen molar-refractivity contribution in [3.05, 3.63) is 52.1 Å². The van der Waals surface area contributed by atoms with Crippen LogP contribution < -0.4 is 0 Å². The number of aromatic nitrogens is 1. The second kappa shape index (κ2) is 3.17. The van der Waals surface area contributed by atoms with Crippen LogP contribution in [0.3, 0.4) is 0 Å². The highest BCUT2D eigenvalue weighted by atomic mass is 79.9. The second-order valence-electron chi connectivity index (χ2n) is 4.71. The smallest absolute Gasteiger partial charge is 0.0746 e. The maximum absolute atomic E-state index is 4.52. The van der Waals surface area contributed by atoms with Crippen LogP contribution in [0.25, 0.3) is 11.3 Å². The molecular formula is C14H12BrN. The summed E-state index contributed by atoms with van der Waals surface area (Å²) in [6.07, 6.45) is 1.87. The minimum absolute atomic E-state index is 0.0691. The zero-order valence-electron chi connectivity index (χ0n) is 9.29. The molecule has 1 aliphatic rings. The van der Waals surface area contributed by atoms with Crippen molar-refractivity contribution in [2.75, 3.05) is 0 Å². The van der Waals surface area contributed by atoms with Crippen molar-refractivity contribution >= 4 is 15.9 Å². The number of halogens is 1. The number of pyridine rings is 1. The van der Waals surface area contributed by atoms with Crippen molar-refractivity contribution in [1.82, 2.24) is 4.98 Å². The Bertz CT molecular complexity index is 573. The molecule has 16 heavy (non-hydrogen) atoms. The highest BCUT2D eigenvalue weighted by Crippen LogP contribution is 2.47. The van der Waals surface area contributed by atoms with Crippen molar-refractivity contribution in [3.63, 3.8) is 0 Å². The number of benzene rings is 1. The van der Waals surface area contributed by atoms with Crippen LogP contribution in [0.5, 0.6) is 0 Å². The molecule has 0 fully saturated rings. The van der Waals surface area contributed by atoms with Gasteiger partial charge in [0.05, 0.1) is 5.69 Å². The first-order chi connectivity index (χ1) is 7.60. The molecule has 2 heteroatoms. The Labute approximate surface area is 104 Å². The molecule has 0 N–H and O–H groups in total. The van der Waals surface area contributed by atoms with Crippen LogP contribution in [-0.4, -0.2) is 4.98 Å². The van der Waals surface area contributed by atoms with E-state index in [9.17, 15) is 0 Å². The molecule has 0 saturated carbocycles. The van der Waals surface area contributed by atoms with Crippen LogP contribution in [0, 0.1) is 0 Å². The molecule has 1 aliphatic carbocycles. The van der Waals surface area contributed by atoms with E-state index in [0.717, 1.165) is 10.2 Å². The van der Waals surface area contributed by atoms with Crippen LogP contribution in [-0.2, 0) is 5.41 Å². The van der Waals surface area contributed by atoms with Gasteiger partial charge in [-0.05, 0) is 29.3 Å². The summed E-state index contributed by atoms with van der Waals surface area (Å²) in [5, 5.41) is 0. The van der Waals surface area contributed by atoms with E-state index in [1.54, 1.807) is 0 Å². The van der Waals surface area contributed by atoms with E-state index < -0.39 is 0 Å². The zero-order valence-corrected chi connectivity index (χ0v) is 10.9. The topological polar surface area (TPSA) is 12.9 Å². The van der Waals surface area contributed by atoms with Gasteiger partial charge >= 0.3 is 0 Å². The normalized spacial score (nSPS) is 15.7. The first-order valence-corrected chi connectivity index (χ1v) is 6.16. The lowest BCUT2D eigenvalue weighted by atomic mass is 9.83. The lowest BCUT2D eigenvalue weighted by Gasteiger charge is -2.20. The Morgan fingerprint density at radius 1 is 1.12 bits per heavy atom. The third-order valence-corrected chi connectivity index (χ3v) is 3.88. The molecule has 80 valence electrons. The molecule has 0 atom stereocenters. The quantitative estimate of drug-likeness (QED) is 0.703. The summed E-state index contributed by atoms with van der Waals surface area (Å²) in [7, 11) is 0. The number of rotatable bonds is 0. The average molecular weight is 274 g/mol. The second-order valence-corrected chi connectivity index (χ2v) is 5.63. The van der Waals surface area contributed by atoms with Gasteiger partial charge in [0.25, 0.3) is 0 Å². The molecule has 0 bridgehead atoms. The van der Waals surface area contributed by atoms with E-state index in [1.165, 1.54) is 16.7 Å². The Balaban J connectivity index is 2.40. The first kappa shape index (κ1) is 10.0. The minimum Gasteiger partial charge on any atom is -0.256 e. The summed E-state index contributed by atoms with van der Waals surface area (Å²) in [5.74, 6) is 0. The first-order valence-electron chi connectivity index (χ1n) is 5.36. The van der Waals surface area contributed by atoms with Gasteiger partial charge in [0.1, 0.15) is 0 Å². The number of hydrogen-bond donors (Lipinski definition) is 0. The molecule has 3 rings (SSSR count). The van der Waals surface area contributed by atoms with E-state index in [-0.39, 0.29) is 5.41 Å². The van der Waals surface area contributed by atoms with Gasteiger partial charge in [-0.15, -0.1) is 0 Å². The van der Waals surface area contributed by atoms with E-state index >= 15 is 0 Å². The highest BCUT2D eigenvalue weighted by molar-refractivity contribution is 9.10. The van der Waals surface area contributed by atoms with Gasteiger partial charge in [-0.2, -0.15) is 0 Å². The highest BCUT2D eigenvalue weighted by Gasteiger charge is 2.35. The minimum atomic E-state index is 0.0691. The molecule has 1 heterocycles. The third kappa shape index (κ3) is 1.20. The largest absolute Gasteiger partial charge is 0.256 e. The van der Waals surface area contributed by atoms with E-state index in [2.05, 4.69) is 59.0 Å². The van der Waals surface area contributed by atoms with Crippen molar-refractivity contribution in [2.45, 2.75) is 19.3 Å². The molecule has 0 radical (unpaired) electrons. The van der Waals surface area contributed by atoms with E-state index in [1.807, 2.05) is 12.3 Å². The number of nitrogens with zero attached hydrogens (tertiary/aromatic N) is 1. The zero-order chi connectivity index (χ0) is 11.3. The number of hydrogen-bond acceptors (Lipinski definition) is 1. The van der Waals surface area contributed by atoms with E-state index in [0.29, 0.717) is 0 Å². The van der Waals surface area contributed by atoms with Crippen molar-refractivity contribution in [3.8, 4) is 11.3 Å². The van der Waals surface area contributed by atoms with Crippen LogP contribution in [0.15, 0.2) is 41.0 Å². The Kier molecular flexibility index (Phi) is 1.99. The Morgan fingerprint density at radius 2 is 1.94 bits per heavy atom. The summed E-state index contributed by atoms with van der Waals surface area (Å²) in [6, 6.07) is 10.7.